The van der Waals surface area contributed by atoms with Crippen LogP contribution < -0.4 is 10.2 Å². The molecule has 1 heterocycles. The predicted molar refractivity (Wildman–Crippen MR) is 110 cm³/mol. The topological polar surface area (TPSA) is 49.4 Å². The highest BCUT2D eigenvalue weighted by Gasteiger charge is 2.36. The number of amides is 2. The van der Waals surface area contributed by atoms with Crippen LogP contribution in [-0.2, 0) is 9.59 Å². The quantitative estimate of drug-likeness (QED) is 0.853. The van der Waals surface area contributed by atoms with Gasteiger partial charge in [0.2, 0.25) is 11.8 Å². The molecule has 1 unspecified atom stereocenters. The third kappa shape index (κ3) is 3.90. The van der Waals surface area contributed by atoms with Crippen molar-refractivity contribution in [3.63, 3.8) is 0 Å². The van der Waals surface area contributed by atoms with Crippen molar-refractivity contribution in [2.75, 3.05) is 16.8 Å². The fourth-order valence-corrected chi connectivity index (χ4v) is 4.05. The summed E-state index contributed by atoms with van der Waals surface area (Å²) in [4.78, 5) is 27.3. The van der Waals surface area contributed by atoms with Crippen LogP contribution in [0.1, 0.15) is 48.4 Å². The van der Waals surface area contributed by atoms with E-state index < -0.39 is 0 Å². The molecule has 4 nitrogen and oxygen atoms in total. The minimum Gasteiger partial charge on any atom is -0.326 e. The Morgan fingerprint density at radius 1 is 1.11 bits per heavy atom. The van der Waals surface area contributed by atoms with E-state index in [0.717, 1.165) is 28.1 Å². The number of para-hydroxylation sites is 1. The molecule has 2 amide bonds. The molecule has 2 aromatic carbocycles. The van der Waals surface area contributed by atoms with Crippen molar-refractivity contribution < 1.29 is 9.59 Å². The number of hydrogen-bond acceptors (Lipinski definition) is 2. The Morgan fingerprint density at radius 3 is 2.37 bits per heavy atom. The van der Waals surface area contributed by atoms with E-state index in [1.807, 2.05) is 38.1 Å². The van der Waals surface area contributed by atoms with Crippen molar-refractivity contribution >= 4 is 23.2 Å². The van der Waals surface area contributed by atoms with Crippen LogP contribution >= 0.6 is 0 Å². The molecule has 1 N–H and O–H groups in total. The Hall–Kier alpha value is -2.62. The highest BCUT2D eigenvalue weighted by molar-refractivity contribution is 6.04. The standard InChI is InChI=1S/C23H28N2O2/c1-14(2)19-8-6-7-9-20(19)24-23(27)18-12-21(26)25(13-18)22-16(4)10-15(3)11-17(22)5/h6-11,14,18H,12-13H2,1-5H3,(H,24,27). The van der Waals surface area contributed by atoms with Gasteiger partial charge in [0.15, 0.2) is 0 Å². The van der Waals surface area contributed by atoms with Crippen LogP contribution in [0.25, 0.3) is 0 Å². The van der Waals surface area contributed by atoms with Gasteiger partial charge in [0, 0.05) is 24.3 Å². The lowest BCUT2D eigenvalue weighted by Gasteiger charge is -2.22. The van der Waals surface area contributed by atoms with Gasteiger partial charge in [-0.2, -0.15) is 0 Å². The molecule has 2 aromatic rings. The van der Waals surface area contributed by atoms with Crippen molar-refractivity contribution in [2.24, 2.45) is 5.92 Å². The second kappa shape index (κ2) is 7.55. The van der Waals surface area contributed by atoms with Crippen LogP contribution in [-0.4, -0.2) is 18.4 Å². The number of carbonyl (C=O) groups excluding carboxylic acids is 2. The van der Waals surface area contributed by atoms with Crippen molar-refractivity contribution in [1.29, 1.82) is 0 Å². The Labute approximate surface area is 161 Å². The molecule has 0 spiro atoms. The summed E-state index contributed by atoms with van der Waals surface area (Å²) in [5.41, 5.74) is 6.23. The molecular formula is C23H28N2O2. The van der Waals surface area contributed by atoms with E-state index in [2.05, 4.69) is 38.2 Å². The molecule has 0 aromatic heterocycles. The Balaban J connectivity index is 1.79. The minimum absolute atomic E-state index is 0.0161. The lowest BCUT2D eigenvalue weighted by atomic mass is 10.0. The van der Waals surface area contributed by atoms with E-state index >= 15 is 0 Å². The van der Waals surface area contributed by atoms with Gasteiger partial charge in [-0.05, 0) is 49.4 Å². The van der Waals surface area contributed by atoms with E-state index in [1.54, 1.807) is 4.90 Å². The largest absolute Gasteiger partial charge is 0.326 e. The first-order valence-electron chi connectivity index (χ1n) is 9.56. The first-order chi connectivity index (χ1) is 12.8. The van der Waals surface area contributed by atoms with E-state index in [9.17, 15) is 9.59 Å². The van der Waals surface area contributed by atoms with Gasteiger partial charge >= 0.3 is 0 Å². The monoisotopic (exact) mass is 364 g/mol. The molecule has 1 saturated heterocycles. The van der Waals surface area contributed by atoms with Gasteiger partial charge in [0.05, 0.1) is 5.92 Å². The second-order valence-corrected chi connectivity index (χ2v) is 7.88. The molecule has 0 saturated carbocycles. The number of hydrogen-bond donors (Lipinski definition) is 1. The SMILES string of the molecule is Cc1cc(C)c(N2CC(C(=O)Nc3ccccc3C(C)C)CC2=O)c(C)c1. The summed E-state index contributed by atoms with van der Waals surface area (Å²) < 4.78 is 0. The first kappa shape index (κ1) is 19.2. The maximum atomic E-state index is 12.8. The maximum absolute atomic E-state index is 12.8. The summed E-state index contributed by atoms with van der Waals surface area (Å²) in [5.74, 6) is -0.0809. The minimum atomic E-state index is -0.335. The van der Waals surface area contributed by atoms with Crippen molar-refractivity contribution in [2.45, 2.75) is 47.0 Å². The third-order valence-corrected chi connectivity index (χ3v) is 5.24. The molecule has 3 rings (SSSR count). The summed E-state index contributed by atoms with van der Waals surface area (Å²) in [7, 11) is 0. The molecule has 142 valence electrons. The zero-order valence-electron chi connectivity index (χ0n) is 16.8. The van der Waals surface area contributed by atoms with Crippen molar-refractivity contribution in [1.82, 2.24) is 0 Å². The van der Waals surface area contributed by atoms with E-state index in [1.165, 1.54) is 5.56 Å². The average Bonchev–Trinajstić information content (AvgIpc) is 2.96. The van der Waals surface area contributed by atoms with E-state index in [4.69, 9.17) is 0 Å². The van der Waals surface area contributed by atoms with Crippen LogP contribution in [0.2, 0.25) is 0 Å². The fourth-order valence-electron chi connectivity index (χ4n) is 4.05. The Kier molecular flexibility index (Phi) is 5.36. The Morgan fingerprint density at radius 2 is 1.74 bits per heavy atom. The van der Waals surface area contributed by atoms with Crippen LogP contribution in [0.5, 0.6) is 0 Å². The van der Waals surface area contributed by atoms with Crippen molar-refractivity contribution in [3.05, 3.63) is 58.7 Å². The smallest absolute Gasteiger partial charge is 0.229 e. The molecule has 1 fully saturated rings. The van der Waals surface area contributed by atoms with Gasteiger partial charge in [-0.3, -0.25) is 9.59 Å². The molecule has 0 bridgehead atoms. The second-order valence-electron chi connectivity index (χ2n) is 7.88. The van der Waals surface area contributed by atoms with Crippen LogP contribution in [0, 0.1) is 26.7 Å². The molecule has 1 atom stereocenters. The Bertz CT molecular complexity index is 863. The van der Waals surface area contributed by atoms with E-state index in [0.29, 0.717) is 12.5 Å². The fraction of sp³-hybridized carbons (Fsp3) is 0.391. The third-order valence-electron chi connectivity index (χ3n) is 5.24. The van der Waals surface area contributed by atoms with Crippen LogP contribution in [0.3, 0.4) is 0 Å². The summed E-state index contributed by atoms with van der Waals surface area (Å²) in [5, 5.41) is 3.05. The van der Waals surface area contributed by atoms with Crippen molar-refractivity contribution in [3.8, 4) is 0 Å². The van der Waals surface area contributed by atoms with Gasteiger partial charge in [-0.15, -0.1) is 0 Å². The van der Waals surface area contributed by atoms with E-state index in [-0.39, 0.29) is 24.2 Å². The number of carbonyl (C=O) groups is 2. The average molecular weight is 364 g/mol. The molecule has 1 aliphatic rings. The summed E-state index contributed by atoms with van der Waals surface area (Å²) in [6, 6.07) is 12.0. The molecule has 0 radical (unpaired) electrons. The number of anilines is 2. The van der Waals surface area contributed by atoms with Gasteiger partial charge in [-0.25, -0.2) is 0 Å². The summed E-state index contributed by atoms with van der Waals surface area (Å²) in [6.45, 7) is 10.7. The molecule has 0 aliphatic carbocycles. The summed E-state index contributed by atoms with van der Waals surface area (Å²) >= 11 is 0. The predicted octanol–water partition coefficient (Wildman–Crippen LogP) is 4.73. The number of aryl methyl sites for hydroxylation is 3. The molecule has 1 aliphatic heterocycles. The summed E-state index contributed by atoms with van der Waals surface area (Å²) in [6.07, 6.45) is 0.252. The maximum Gasteiger partial charge on any atom is 0.229 e. The van der Waals surface area contributed by atoms with Crippen LogP contribution in [0.4, 0.5) is 11.4 Å². The molecular weight excluding hydrogens is 336 g/mol. The first-order valence-corrected chi connectivity index (χ1v) is 9.56. The lowest BCUT2D eigenvalue weighted by Crippen LogP contribution is -2.29. The number of nitrogens with one attached hydrogen (secondary N) is 1. The van der Waals surface area contributed by atoms with Gasteiger partial charge in [-0.1, -0.05) is 49.7 Å². The highest BCUT2D eigenvalue weighted by Crippen LogP contribution is 2.32. The molecule has 27 heavy (non-hydrogen) atoms. The zero-order chi connectivity index (χ0) is 19.7. The highest BCUT2D eigenvalue weighted by atomic mass is 16.2. The zero-order valence-corrected chi connectivity index (χ0v) is 16.8. The number of nitrogens with zero attached hydrogens (tertiary/aromatic N) is 1. The number of benzene rings is 2. The van der Waals surface area contributed by atoms with Gasteiger partial charge in [0.25, 0.3) is 0 Å². The number of rotatable bonds is 4. The van der Waals surface area contributed by atoms with Gasteiger partial charge in [0.1, 0.15) is 0 Å². The molecule has 4 heteroatoms. The van der Waals surface area contributed by atoms with Crippen LogP contribution in [0.15, 0.2) is 36.4 Å². The van der Waals surface area contributed by atoms with Gasteiger partial charge < -0.3 is 10.2 Å². The normalized spacial score (nSPS) is 16.9. The lowest BCUT2D eigenvalue weighted by molar-refractivity contribution is -0.122.